The second-order valence-corrected chi connectivity index (χ2v) is 35.1. The Morgan fingerprint density at radius 2 is 0.794 bits per heavy atom. The summed E-state index contributed by atoms with van der Waals surface area (Å²) in [5.74, 6) is -0.589. The van der Waals surface area contributed by atoms with E-state index in [0.717, 1.165) is 112 Å². The van der Waals surface area contributed by atoms with Crippen LogP contribution in [0.2, 0.25) is 0 Å². The summed E-state index contributed by atoms with van der Waals surface area (Å²) in [7, 11) is 0. The number of ketones is 2. The van der Waals surface area contributed by atoms with Gasteiger partial charge >= 0.3 is 0 Å². The van der Waals surface area contributed by atoms with Gasteiger partial charge in [-0.25, -0.2) is 0 Å². The minimum atomic E-state index is -0.872. The summed E-state index contributed by atoms with van der Waals surface area (Å²) >= 11 is 0. The summed E-state index contributed by atoms with van der Waals surface area (Å²) in [6.45, 7) is 26.4. The van der Waals surface area contributed by atoms with Gasteiger partial charge in [0.2, 0.25) is 0 Å². The molecule has 22 heteroatoms. The van der Waals surface area contributed by atoms with Crippen molar-refractivity contribution in [2.24, 2.45) is 41.2 Å². The Hall–Kier alpha value is -2.50. The number of aliphatic hydroxyl groups is 3. The van der Waals surface area contributed by atoms with Crippen molar-refractivity contribution in [3.8, 4) is 0 Å². The molecule has 20 heterocycles. The fourth-order valence-electron chi connectivity index (χ4n) is 22.5. The van der Waals surface area contributed by atoms with E-state index in [1.165, 1.54) is 0 Å². The molecule has 568 valence electrons. The van der Waals surface area contributed by atoms with E-state index >= 15 is 0 Å². The molecule has 20 rings (SSSR count). The Morgan fingerprint density at radius 1 is 0.402 bits per heavy atom. The second kappa shape index (κ2) is 29.1. The molecule has 0 aromatic carbocycles. The van der Waals surface area contributed by atoms with E-state index in [1.807, 2.05) is 0 Å². The molecule has 20 fully saturated rings. The van der Waals surface area contributed by atoms with Crippen LogP contribution in [0, 0.1) is 35.5 Å². The fraction of sp³-hybridized carbons (Fsp3) is 0.875. The maximum Gasteiger partial charge on any atom is 0.172 e. The first-order valence-electron chi connectivity index (χ1n) is 40.1. The van der Waals surface area contributed by atoms with Gasteiger partial charge in [0.15, 0.2) is 11.6 Å². The van der Waals surface area contributed by atoms with Gasteiger partial charge in [-0.15, -0.1) is 0 Å². The quantitative estimate of drug-likeness (QED) is 0.183. The molecule has 0 radical (unpaired) electrons. The van der Waals surface area contributed by atoms with Crippen molar-refractivity contribution in [3.05, 3.63) is 48.6 Å². The molecule has 0 aliphatic carbocycles. The van der Waals surface area contributed by atoms with Gasteiger partial charge in [-0.1, -0.05) is 54.0 Å². The number of ether oxygens (including phenoxy) is 16. The number of carbonyl (C=O) groups is 2. The Balaban J connectivity index is 0.000000152. The number of Topliss-reactive ketones (excluding diaryl/α,β-unsaturated/α-hetero) is 2. The molecule has 5 N–H and O–H groups in total. The topological polar surface area (TPSA) is 269 Å². The lowest BCUT2D eigenvalue weighted by atomic mass is 9.78. The number of hydrogen-bond acceptors (Lipinski definition) is 22. The molecule has 0 aromatic rings. The summed E-state index contributed by atoms with van der Waals surface area (Å²) in [5, 5.41) is 30.5. The van der Waals surface area contributed by atoms with Gasteiger partial charge in [-0.2, -0.15) is 0 Å². The number of rotatable bonds is 6. The average Bonchev–Trinajstić information content (AvgIpc) is 1.55. The highest BCUT2D eigenvalue weighted by atomic mass is 16.8. The highest BCUT2D eigenvalue weighted by Crippen LogP contribution is 2.57. The summed E-state index contributed by atoms with van der Waals surface area (Å²) < 4.78 is 108. The predicted molar refractivity (Wildman–Crippen MR) is 367 cm³/mol. The van der Waals surface area contributed by atoms with Crippen molar-refractivity contribution in [2.75, 3.05) is 13.2 Å². The van der Waals surface area contributed by atoms with E-state index in [2.05, 4.69) is 54.0 Å². The van der Waals surface area contributed by atoms with Crippen molar-refractivity contribution < 1.29 is 101 Å². The zero-order valence-corrected chi connectivity index (χ0v) is 60.7. The largest absolute Gasteiger partial charge is 0.394 e. The van der Waals surface area contributed by atoms with Gasteiger partial charge in [0.25, 0.3) is 0 Å². The molecule has 20 saturated heterocycles. The number of nitrogens with two attached hydrogens (primary N) is 1. The Bertz CT molecular complexity index is 2920. The molecule has 2 spiro atoms. The van der Waals surface area contributed by atoms with Crippen molar-refractivity contribution in [1.82, 2.24) is 0 Å². The van der Waals surface area contributed by atoms with Gasteiger partial charge in [0, 0.05) is 83.6 Å². The Morgan fingerprint density at radius 3 is 1.24 bits per heavy atom. The maximum atomic E-state index is 14.0. The van der Waals surface area contributed by atoms with Gasteiger partial charge in [-0.05, 0) is 148 Å². The van der Waals surface area contributed by atoms with Crippen LogP contribution in [0.15, 0.2) is 48.6 Å². The van der Waals surface area contributed by atoms with Crippen molar-refractivity contribution in [3.63, 3.8) is 0 Å². The molecule has 22 nitrogen and oxygen atoms in total. The van der Waals surface area contributed by atoms with E-state index in [4.69, 9.17) is 81.5 Å². The summed E-state index contributed by atoms with van der Waals surface area (Å²) in [6, 6.07) is 0. The molecule has 0 aromatic heterocycles. The molecule has 38 atom stereocenters. The van der Waals surface area contributed by atoms with Crippen LogP contribution in [0.4, 0.5) is 0 Å². The van der Waals surface area contributed by atoms with Gasteiger partial charge < -0.3 is 96.8 Å². The number of hydrogen-bond donors (Lipinski definition) is 4. The van der Waals surface area contributed by atoms with Crippen molar-refractivity contribution in [2.45, 2.75) is 389 Å². The van der Waals surface area contributed by atoms with Crippen molar-refractivity contribution in [1.29, 1.82) is 0 Å². The zero-order valence-electron chi connectivity index (χ0n) is 60.7. The molecule has 20 aliphatic heterocycles. The minimum Gasteiger partial charge on any atom is -0.394 e. The van der Waals surface area contributed by atoms with Crippen LogP contribution in [0.25, 0.3) is 0 Å². The van der Waals surface area contributed by atoms with Crippen LogP contribution in [0.1, 0.15) is 195 Å². The smallest absolute Gasteiger partial charge is 0.172 e. The first-order chi connectivity index (χ1) is 49.1. The summed E-state index contributed by atoms with van der Waals surface area (Å²) in [4.78, 5) is 28.0. The highest BCUT2D eigenvalue weighted by molar-refractivity contribution is 5.79. The van der Waals surface area contributed by atoms with Crippen LogP contribution in [0.3, 0.4) is 0 Å². The van der Waals surface area contributed by atoms with Crippen LogP contribution < -0.4 is 5.73 Å². The van der Waals surface area contributed by atoms with Crippen LogP contribution in [-0.2, 0) is 85.4 Å². The monoisotopic (exact) mass is 1430 g/mol. The van der Waals surface area contributed by atoms with E-state index in [1.54, 1.807) is 0 Å². The van der Waals surface area contributed by atoms with Crippen LogP contribution in [0.5, 0.6) is 0 Å². The third kappa shape index (κ3) is 13.9. The maximum absolute atomic E-state index is 14.0. The normalized spacial score (nSPS) is 53.2. The van der Waals surface area contributed by atoms with E-state index in [9.17, 15) is 24.9 Å². The molecular formula is C80H117NO21. The molecule has 102 heavy (non-hydrogen) atoms. The molecule has 20 aliphatic rings. The molecule has 0 saturated carbocycles. The fourth-order valence-corrected chi connectivity index (χ4v) is 22.5. The highest BCUT2D eigenvalue weighted by Gasteiger charge is 2.71. The first-order valence-corrected chi connectivity index (χ1v) is 40.1. The SMILES string of the molecule is C=C1C2C[C@@H]3O[C@H](C[C@H](O)CN)[C@H](C)[C@H]3CC(=O)CC3CCC4O[C@H]5[C@H]6OC7(CC[C@H]8CC(=C)[C@H](CCC(C[C@H]1C)O2)O8)C[C@@H]6O[C@H]5[C@@H](O7)C4O3.C=C1C2C[C@@H]3O[C@H](C[C@H](O)CO)[C@H](C)[C@H]3CC(=O)CC3CCC4O[C@H]5[C@H]6OC7(CC[C@H]8CC(=C)[C@H](CCC(C[C@H]1C)O2)O8)C[C@@H]6O[C@H]5[C@@H](O7)C4O3. The molecule has 24 bridgehead atoms. The van der Waals surface area contributed by atoms with Gasteiger partial charge in [-0.3, -0.25) is 9.59 Å². The summed E-state index contributed by atoms with van der Waals surface area (Å²) in [6.07, 6.45) is 12.1. The minimum absolute atomic E-state index is 0.00127. The predicted octanol–water partition coefficient (Wildman–Crippen LogP) is 8.15. The number of carbonyl (C=O) groups excluding carboxylic acids is 2. The second-order valence-electron chi connectivity index (χ2n) is 35.1. The Kier molecular flexibility index (Phi) is 20.6. The van der Waals surface area contributed by atoms with Crippen molar-refractivity contribution >= 4 is 11.6 Å². The van der Waals surface area contributed by atoms with Crippen LogP contribution >= 0.6 is 0 Å². The number of aliphatic hydroxyl groups excluding tert-OH is 3. The van der Waals surface area contributed by atoms with E-state index in [0.29, 0.717) is 88.9 Å². The van der Waals surface area contributed by atoms with Gasteiger partial charge in [0.05, 0.1) is 129 Å². The third-order valence-electron chi connectivity index (χ3n) is 28.3. The van der Waals surface area contributed by atoms with Gasteiger partial charge in [0.1, 0.15) is 72.6 Å². The third-order valence-corrected chi connectivity index (χ3v) is 28.3. The lowest BCUT2D eigenvalue weighted by Crippen LogP contribution is -2.61. The lowest BCUT2D eigenvalue weighted by molar-refractivity contribution is -0.292. The molecule has 0 amide bonds. The standard InChI is InChI=1S/C40H59NO10.C40H58O11/c2*1-19-11-25-5-7-29-20(2)12-27(44-29)9-10-40-17-34-36(50-40)37-38(49-34)39(51-40)35-30(48-37)8-6-26(46-35)13-23(42)14-28-22(4)31(15-24(43)18-41)47-33(28)16-32(45-25)21(19)3/h19,22,24-39,43H,2-3,5-18,41H2,1,4H3;19,22,24-39,41,43H,2-3,5-18H2,1,4H3/t2*19-,22-,24+,25?,26?,27+,28-,29+,30?,31-,32?,33+,34+,35?,36+,37+,38-,39+,40?/m11/s1. The van der Waals surface area contributed by atoms with E-state index < -0.39 is 23.8 Å². The molecular weight excluding hydrogens is 1310 g/mol. The number of fused-ring (bicyclic) bond motifs is 12. The Labute approximate surface area is 602 Å². The first kappa shape index (κ1) is 72.4. The van der Waals surface area contributed by atoms with E-state index in [-0.39, 0.29) is 219 Å². The average molecular weight is 1430 g/mol. The summed E-state index contributed by atoms with van der Waals surface area (Å²) in [5.41, 5.74) is 10.3. The zero-order chi connectivity index (χ0) is 70.4. The molecule has 12 unspecified atom stereocenters. The lowest BCUT2D eigenvalue weighted by Gasteiger charge is -2.47. The van der Waals surface area contributed by atoms with Crippen LogP contribution in [-0.4, -0.2) is 235 Å².